The zero-order valence-electron chi connectivity index (χ0n) is 18.5. The Hall–Kier alpha value is -3.89. The second kappa shape index (κ2) is 10.6. The third-order valence-electron chi connectivity index (χ3n) is 5.07. The predicted molar refractivity (Wildman–Crippen MR) is 127 cm³/mol. The second-order valence-electron chi connectivity index (χ2n) is 7.39. The standard InChI is InChI=1S/C25H23ClN4O3/c1-16-21(17(2)30(29-16)15-20-9-4-6-10-22(20)26)12-13-24(31)33-18(3)25(32)28-23-11-7-5-8-19(23)14-27/h4-13,18H,15H2,1-3H3,(H,28,32)/b13-12+. The number of carbonyl (C=O) groups is 2. The summed E-state index contributed by atoms with van der Waals surface area (Å²) in [5.41, 5.74) is 4.04. The molecule has 1 heterocycles. The van der Waals surface area contributed by atoms with Crippen LogP contribution in [0.2, 0.25) is 5.02 Å². The minimum Gasteiger partial charge on any atom is -0.449 e. The maximum Gasteiger partial charge on any atom is 0.331 e. The quantitative estimate of drug-likeness (QED) is 0.407. The van der Waals surface area contributed by atoms with Crippen molar-refractivity contribution < 1.29 is 14.3 Å². The Kier molecular flexibility index (Phi) is 7.65. The molecule has 0 aliphatic rings. The van der Waals surface area contributed by atoms with Gasteiger partial charge in [0.25, 0.3) is 5.91 Å². The Morgan fingerprint density at radius 3 is 2.64 bits per heavy atom. The number of anilines is 1. The molecule has 1 atom stereocenters. The number of carbonyl (C=O) groups excluding carboxylic acids is 2. The lowest BCUT2D eigenvalue weighted by atomic mass is 10.1. The number of aromatic nitrogens is 2. The van der Waals surface area contributed by atoms with Gasteiger partial charge in [-0.3, -0.25) is 9.48 Å². The lowest BCUT2D eigenvalue weighted by Gasteiger charge is -2.13. The van der Waals surface area contributed by atoms with Crippen LogP contribution in [0.25, 0.3) is 6.08 Å². The van der Waals surface area contributed by atoms with Gasteiger partial charge >= 0.3 is 5.97 Å². The highest BCUT2D eigenvalue weighted by Gasteiger charge is 2.18. The fraction of sp³-hybridized carbons (Fsp3) is 0.200. The molecule has 3 rings (SSSR count). The number of amides is 1. The summed E-state index contributed by atoms with van der Waals surface area (Å²) in [6.07, 6.45) is 1.85. The maximum absolute atomic E-state index is 12.4. The molecule has 0 fully saturated rings. The third-order valence-corrected chi connectivity index (χ3v) is 5.44. The molecule has 1 aromatic heterocycles. The summed E-state index contributed by atoms with van der Waals surface area (Å²) in [6, 6.07) is 16.2. The van der Waals surface area contributed by atoms with E-state index in [0.29, 0.717) is 22.8 Å². The topological polar surface area (TPSA) is 97.0 Å². The number of esters is 1. The van der Waals surface area contributed by atoms with Gasteiger partial charge in [-0.1, -0.05) is 41.9 Å². The third kappa shape index (κ3) is 5.88. The zero-order chi connectivity index (χ0) is 24.0. The maximum atomic E-state index is 12.4. The number of ether oxygens (including phenoxy) is 1. The first-order chi connectivity index (χ1) is 15.8. The van der Waals surface area contributed by atoms with E-state index in [4.69, 9.17) is 21.6 Å². The van der Waals surface area contributed by atoms with E-state index in [0.717, 1.165) is 22.5 Å². The fourth-order valence-corrected chi connectivity index (χ4v) is 3.43. The molecule has 0 saturated carbocycles. The summed E-state index contributed by atoms with van der Waals surface area (Å²) in [4.78, 5) is 24.6. The molecule has 7 nitrogen and oxygen atoms in total. The molecule has 0 aliphatic heterocycles. The monoisotopic (exact) mass is 462 g/mol. The van der Waals surface area contributed by atoms with Gasteiger partial charge in [-0.15, -0.1) is 0 Å². The van der Waals surface area contributed by atoms with Gasteiger partial charge in [0.05, 0.1) is 23.5 Å². The summed E-state index contributed by atoms with van der Waals surface area (Å²) in [7, 11) is 0. The van der Waals surface area contributed by atoms with E-state index < -0.39 is 18.0 Å². The van der Waals surface area contributed by atoms with Gasteiger partial charge in [0.15, 0.2) is 6.10 Å². The lowest BCUT2D eigenvalue weighted by molar-refractivity contribution is -0.148. The summed E-state index contributed by atoms with van der Waals surface area (Å²) >= 11 is 6.25. The minimum absolute atomic E-state index is 0.323. The van der Waals surface area contributed by atoms with Crippen molar-refractivity contribution in [1.29, 1.82) is 5.26 Å². The largest absolute Gasteiger partial charge is 0.449 e. The first kappa shape index (κ1) is 23.8. The highest BCUT2D eigenvalue weighted by molar-refractivity contribution is 6.31. The number of nitriles is 1. The molecule has 0 aliphatic carbocycles. The summed E-state index contributed by atoms with van der Waals surface area (Å²) in [5.74, 6) is -1.19. The van der Waals surface area contributed by atoms with E-state index in [-0.39, 0.29) is 0 Å². The van der Waals surface area contributed by atoms with Crippen LogP contribution in [0.5, 0.6) is 0 Å². The lowest BCUT2D eigenvalue weighted by Crippen LogP contribution is -2.29. The van der Waals surface area contributed by atoms with Gasteiger partial charge in [-0.2, -0.15) is 10.4 Å². The van der Waals surface area contributed by atoms with Gasteiger partial charge < -0.3 is 10.1 Å². The van der Waals surface area contributed by atoms with Crippen LogP contribution in [0.15, 0.2) is 54.6 Å². The molecule has 0 bridgehead atoms. The molecular weight excluding hydrogens is 440 g/mol. The van der Waals surface area contributed by atoms with Gasteiger partial charge in [-0.05, 0) is 50.6 Å². The Labute approximate surface area is 197 Å². The van der Waals surface area contributed by atoms with E-state index in [1.807, 2.05) is 48.9 Å². The number of aryl methyl sites for hydroxylation is 1. The Bertz CT molecular complexity index is 1260. The molecule has 1 N–H and O–H groups in total. The second-order valence-corrected chi connectivity index (χ2v) is 7.80. The number of rotatable bonds is 7. The SMILES string of the molecule is Cc1nn(Cc2ccccc2Cl)c(C)c1/C=C/C(=O)OC(C)C(=O)Nc1ccccc1C#N. The first-order valence-electron chi connectivity index (χ1n) is 10.3. The summed E-state index contributed by atoms with van der Waals surface area (Å²) < 4.78 is 7.04. The van der Waals surface area contributed by atoms with Crippen LogP contribution in [0.3, 0.4) is 0 Å². The highest BCUT2D eigenvalue weighted by atomic mass is 35.5. The Morgan fingerprint density at radius 2 is 1.91 bits per heavy atom. The smallest absolute Gasteiger partial charge is 0.331 e. The van der Waals surface area contributed by atoms with Crippen molar-refractivity contribution in [3.63, 3.8) is 0 Å². The first-order valence-corrected chi connectivity index (χ1v) is 10.6. The van der Waals surface area contributed by atoms with Crippen molar-refractivity contribution in [2.75, 3.05) is 5.32 Å². The molecule has 1 unspecified atom stereocenters. The molecule has 0 radical (unpaired) electrons. The normalized spacial score (nSPS) is 11.7. The number of hydrogen-bond donors (Lipinski definition) is 1. The van der Waals surface area contributed by atoms with Crippen molar-refractivity contribution in [2.24, 2.45) is 0 Å². The average molecular weight is 463 g/mol. The van der Waals surface area contributed by atoms with Crippen molar-refractivity contribution in [1.82, 2.24) is 9.78 Å². The van der Waals surface area contributed by atoms with E-state index in [1.165, 1.54) is 13.0 Å². The van der Waals surface area contributed by atoms with E-state index >= 15 is 0 Å². The van der Waals surface area contributed by atoms with Crippen LogP contribution in [0.1, 0.15) is 35.0 Å². The Morgan fingerprint density at radius 1 is 1.21 bits per heavy atom. The van der Waals surface area contributed by atoms with Crippen LogP contribution in [-0.4, -0.2) is 27.8 Å². The number of benzene rings is 2. The Balaban J connectivity index is 1.64. The predicted octanol–water partition coefficient (Wildman–Crippen LogP) is 4.66. The molecule has 0 spiro atoms. The van der Waals surface area contributed by atoms with Gasteiger partial charge in [0.1, 0.15) is 6.07 Å². The minimum atomic E-state index is -1.04. The molecule has 8 heteroatoms. The number of nitrogens with one attached hydrogen (secondary N) is 1. The molecule has 168 valence electrons. The number of hydrogen-bond acceptors (Lipinski definition) is 5. The summed E-state index contributed by atoms with van der Waals surface area (Å²) in [6.45, 7) is 5.73. The molecule has 0 saturated heterocycles. The van der Waals surface area contributed by atoms with Crippen molar-refractivity contribution in [3.05, 3.63) is 87.7 Å². The number of halogens is 1. The molecule has 2 aromatic carbocycles. The number of nitrogens with zero attached hydrogens (tertiary/aromatic N) is 3. The van der Waals surface area contributed by atoms with Crippen molar-refractivity contribution in [3.8, 4) is 6.07 Å². The van der Waals surface area contributed by atoms with Crippen LogP contribution >= 0.6 is 11.6 Å². The van der Waals surface area contributed by atoms with Crippen LogP contribution in [0.4, 0.5) is 5.69 Å². The average Bonchev–Trinajstić information content (AvgIpc) is 3.06. The van der Waals surface area contributed by atoms with E-state index in [9.17, 15) is 9.59 Å². The van der Waals surface area contributed by atoms with Crippen LogP contribution in [0, 0.1) is 25.2 Å². The van der Waals surface area contributed by atoms with E-state index in [1.54, 1.807) is 30.3 Å². The summed E-state index contributed by atoms with van der Waals surface area (Å²) in [5, 5.41) is 16.9. The number of para-hydroxylation sites is 1. The zero-order valence-corrected chi connectivity index (χ0v) is 19.3. The van der Waals surface area contributed by atoms with Crippen LogP contribution in [-0.2, 0) is 20.9 Å². The van der Waals surface area contributed by atoms with Gasteiger partial charge in [-0.25, -0.2) is 4.79 Å². The molecule has 3 aromatic rings. The van der Waals surface area contributed by atoms with E-state index in [2.05, 4.69) is 10.4 Å². The fourth-order valence-electron chi connectivity index (χ4n) is 3.24. The van der Waals surface area contributed by atoms with Gasteiger partial charge in [0.2, 0.25) is 0 Å². The van der Waals surface area contributed by atoms with Gasteiger partial charge in [0, 0.05) is 22.4 Å². The molecule has 33 heavy (non-hydrogen) atoms. The van der Waals surface area contributed by atoms with Crippen molar-refractivity contribution in [2.45, 2.75) is 33.4 Å². The molecule has 1 amide bonds. The van der Waals surface area contributed by atoms with Crippen LogP contribution < -0.4 is 5.32 Å². The molecular formula is C25H23ClN4O3. The van der Waals surface area contributed by atoms with Crippen molar-refractivity contribution >= 4 is 35.2 Å². The highest BCUT2D eigenvalue weighted by Crippen LogP contribution is 2.20.